The van der Waals surface area contributed by atoms with Crippen molar-refractivity contribution in [3.63, 3.8) is 0 Å². The fraction of sp³-hybridized carbons (Fsp3) is 0. The number of benzene rings is 2. The number of hydrogen-bond donors (Lipinski definition) is 0. The molecule has 2 aromatic carbocycles. The molecule has 28 heavy (non-hydrogen) atoms. The smallest absolute Gasteiger partial charge is 0.114 e. The fourth-order valence-corrected chi connectivity index (χ4v) is 7.30. The Morgan fingerprint density at radius 2 is 1.00 bits per heavy atom. The van der Waals surface area contributed by atoms with Crippen molar-refractivity contribution >= 4 is 111 Å². The highest BCUT2D eigenvalue weighted by molar-refractivity contribution is 9.11. The summed E-state index contributed by atoms with van der Waals surface area (Å²) >= 11 is 13.0. The second kappa shape index (κ2) is 6.61. The Balaban J connectivity index is 1.77. The van der Waals surface area contributed by atoms with Gasteiger partial charge < -0.3 is 0 Å². The summed E-state index contributed by atoms with van der Waals surface area (Å²) in [5, 5.41) is 2.14. The van der Waals surface area contributed by atoms with Crippen LogP contribution in [0.5, 0.6) is 0 Å². The van der Waals surface area contributed by atoms with Gasteiger partial charge in [-0.15, -0.1) is 22.7 Å². The topological polar surface area (TPSA) is 51.6 Å². The molecule has 0 aliphatic carbocycles. The summed E-state index contributed by atoms with van der Waals surface area (Å²) < 4.78 is 20.7. The van der Waals surface area contributed by atoms with E-state index in [0.29, 0.717) is 0 Å². The molecule has 0 unspecified atom stereocenters. The van der Waals surface area contributed by atoms with Crippen molar-refractivity contribution in [1.82, 2.24) is 17.5 Å². The second-order valence-corrected chi connectivity index (χ2v) is 12.1. The monoisotopic (exact) mass is 564 g/mol. The van der Waals surface area contributed by atoms with Crippen molar-refractivity contribution in [2.24, 2.45) is 0 Å². The molecule has 4 nitrogen and oxygen atoms in total. The lowest BCUT2D eigenvalue weighted by atomic mass is 9.99. The van der Waals surface area contributed by atoms with E-state index in [4.69, 9.17) is 0 Å². The van der Waals surface area contributed by atoms with Gasteiger partial charge in [-0.05, 0) is 68.3 Å². The molecule has 4 heterocycles. The predicted molar refractivity (Wildman–Crippen MR) is 128 cm³/mol. The Morgan fingerprint density at radius 3 is 1.39 bits per heavy atom. The molecule has 0 amide bonds. The maximum Gasteiger partial charge on any atom is 0.114 e. The van der Waals surface area contributed by atoms with E-state index >= 15 is 0 Å². The number of thiophene rings is 2. The van der Waals surface area contributed by atoms with E-state index in [9.17, 15) is 0 Å². The van der Waals surface area contributed by atoms with Crippen molar-refractivity contribution in [1.29, 1.82) is 0 Å². The zero-order valence-electron chi connectivity index (χ0n) is 13.6. The summed E-state index contributed by atoms with van der Waals surface area (Å²) in [7, 11) is 0. The van der Waals surface area contributed by atoms with Crippen molar-refractivity contribution in [3.8, 4) is 20.9 Å². The van der Waals surface area contributed by atoms with Gasteiger partial charge >= 0.3 is 0 Å². The van der Waals surface area contributed by atoms with Crippen LogP contribution < -0.4 is 0 Å². The zero-order valence-corrected chi connectivity index (χ0v) is 20.1. The highest BCUT2D eigenvalue weighted by Gasteiger charge is 2.20. The molecule has 0 bridgehead atoms. The molecular weight excluding hydrogens is 560 g/mol. The van der Waals surface area contributed by atoms with Crippen LogP contribution in [0.1, 0.15) is 0 Å². The maximum absolute atomic E-state index is 4.64. The Morgan fingerprint density at radius 1 is 0.571 bits per heavy atom. The minimum atomic E-state index is 0.925. The molecule has 0 atom stereocenters. The first-order valence-electron chi connectivity index (χ1n) is 8.05. The summed E-state index contributed by atoms with van der Waals surface area (Å²) in [5.41, 5.74) is 5.91. The summed E-state index contributed by atoms with van der Waals surface area (Å²) in [6.07, 6.45) is 0. The number of rotatable bonds is 2. The lowest BCUT2D eigenvalue weighted by Gasteiger charge is -2.07. The quantitative estimate of drug-likeness (QED) is 0.214. The molecule has 0 fully saturated rings. The first kappa shape index (κ1) is 17.5. The van der Waals surface area contributed by atoms with Crippen LogP contribution in [0.3, 0.4) is 0 Å². The molecule has 6 aromatic rings. The van der Waals surface area contributed by atoms with E-state index < -0.39 is 0 Å². The normalized spacial score (nSPS) is 11.9. The third kappa shape index (κ3) is 2.62. The van der Waals surface area contributed by atoms with E-state index in [1.807, 2.05) is 0 Å². The van der Waals surface area contributed by atoms with Crippen LogP contribution in [0.15, 0.2) is 44.0 Å². The third-order valence-electron chi connectivity index (χ3n) is 4.54. The average molecular weight is 566 g/mol. The molecule has 0 spiro atoms. The first-order chi connectivity index (χ1) is 13.7. The van der Waals surface area contributed by atoms with E-state index in [1.165, 1.54) is 23.5 Å². The van der Waals surface area contributed by atoms with Gasteiger partial charge in [0.15, 0.2) is 0 Å². The number of fused-ring (bicyclic) bond motifs is 5. The van der Waals surface area contributed by atoms with Gasteiger partial charge in [0.05, 0.1) is 31.0 Å². The molecule has 0 saturated heterocycles. The Bertz CT molecular complexity index is 1400. The zero-order chi connectivity index (χ0) is 18.8. The number of nitrogens with zero attached hydrogens (tertiary/aromatic N) is 4. The van der Waals surface area contributed by atoms with Crippen molar-refractivity contribution < 1.29 is 0 Å². The molecule has 0 N–H and O–H groups in total. The van der Waals surface area contributed by atoms with E-state index in [1.54, 1.807) is 22.7 Å². The molecular formula is C18H6Br2N4S4. The number of hydrogen-bond acceptors (Lipinski definition) is 8. The molecule has 0 aliphatic heterocycles. The largest absolute Gasteiger partial charge is 0.172 e. The number of halogens is 2. The Hall–Kier alpha value is -1.30. The van der Waals surface area contributed by atoms with Crippen molar-refractivity contribution in [3.05, 3.63) is 44.0 Å². The molecule has 4 aromatic heterocycles. The molecule has 136 valence electrons. The van der Waals surface area contributed by atoms with Crippen LogP contribution in [-0.2, 0) is 0 Å². The van der Waals surface area contributed by atoms with Crippen LogP contribution in [0.2, 0.25) is 0 Å². The molecule has 10 heteroatoms. The number of aromatic nitrogens is 4. The van der Waals surface area contributed by atoms with Gasteiger partial charge in [-0.25, -0.2) is 0 Å². The summed E-state index contributed by atoms with van der Waals surface area (Å²) in [6.45, 7) is 0. The maximum atomic E-state index is 4.64. The molecule has 6 rings (SSSR count). The third-order valence-corrected chi connectivity index (χ3v) is 8.91. The summed E-state index contributed by atoms with van der Waals surface area (Å²) in [6, 6.07) is 12.7. The van der Waals surface area contributed by atoms with Crippen LogP contribution in [-0.4, -0.2) is 17.5 Å². The van der Waals surface area contributed by atoms with Gasteiger partial charge in [-0.2, -0.15) is 17.5 Å². The minimum Gasteiger partial charge on any atom is -0.172 e. The van der Waals surface area contributed by atoms with Crippen molar-refractivity contribution in [2.45, 2.75) is 0 Å². The first-order valence-corrected chi connectivity index (χ1v) is 12.7. The SMILES string of the molecule is Brc1ccc(-c2cc3c(cc(-c4ccc(Br)s4)c4nsnc43)c3nsnc23)s1. The van der Waals surface area contributed by atoms with Gasteiger partial charge in [-0.1, -0.05) is 0 Å². The van der Waals surface area contributed by atoms with Gasteiger partial charge in [0.25, 0.3) is 0 Å². The standard InChI is InChI=1S/C18H6Br2N4S4/c19-13-3-1-11(25-13)9-5-7-8(15-17(9)23-27-21-15)6-10(12-2-4-14(20)26-12)18-16(7)22-28-24-18/h1-6H. The predicted octanol–water partition coefficient (Wildman–Crippen LogP) is 7.83. The van der Waals surface area contributed by atoms with Crippen LogP contribution >= 0.6 is 78.0 Å². The highest BCUT2D eigenvalue weighted by atomic mass is 79.9. The van der Waals surface area contributed by atoms with E-state index in [2.05, 4.69) is 85.8 Å². The van der Waals surface area contributed by atoms with Gasteiger partial charge in [-0.3, -0.25) is 0 Å². The lowest BCUT2D eigenvalue weighted by Crippen LogP contribution is -1.86. The van der Waals surface area contributed by atoms with E-state index in [-0.39, 0.29) is 0 Å². The molecule has 0 aliphatic rings. The van der Waals surface area contributed by atoms with Gasteiger partial charge in [0.2, 0.25) is 0 Å². The van der Waals surface area contributed by atoms with Crippen molar-refractivity contribution in [2.75, 3.05) is 0 Å². The minimum absolute atomic E-state index is 0.925. The summed E-state index contributed by atoms with van der Waals surface area (Å²) in [5.74, 6) is 0. The highest BCUT2D eigenvalue weighted by Crippen LogP contribution is 2.43. The van der Waals surface area contributed by atoms with Crippen LogP contribution in [0.25, 0.3) is 53.7 Å². The molecule has 0 saturated carbocycles. The molecule has 0 radical (unpaired) electrons. The second-order valence-electron chi connectivity index (χ2n) is 6.07. The lowest BCUT2D eigenvalue weighted by molar-refractivity contribution is 1.65. The Labute approximate surface area is 191 Å². The van der Waals surface area contributed by atoms with Gasteiger partial charge in [0.1, 0.15) is 22.1 Å². The van der Waals surface area contributed by atoms with Crippen LogP contribution in [0.4, 0.5) is 0 Å². The Kier molecular flexibility index (Phi) is 4.14. The average Bonchev–Trinajstić information content (AvgIpc) is 3.47. The van der Waals surface area contributed by atoms with Gasteiger partial charge in [0, 0.05) is 31.7 Å². The van der Waals surface area contributed by atoms with Crippen LogP contribution in [0, 0.1) is 0 Å². The van der Waals surface area contributed by atoms with E-state index in [0.717, 1.165) is 61.3 Å². The summed E-state index contributed by atoms with van der Waals surface area (Å²) in [4.78, 5) is 2.32. The fourth-order valence-electron chi connectivity index (χ4n) is 3.35.